The number of rotatable bonds is 7. The van der Waals surface area contributed by atoms with Crippen molar-refractivity contribution in [3.63, 3.8) is 0 Å². The van der Waals surface area contributed by atoms with E-state index in [9.17, 15) is 14.4 Å². The molecule has 0 saturated carbocycles. The molecule has 5 nitrogen and oxygen atoms in total. The minimum absolute atomic E-state index is 0.196. The highest BCUT2D eigenvalue weighted by atomic mass is 16.2. The highest BCUT2D eigenvalue weighted by Crippen LogP contribution is 2.31. The van der Waals surface area contributed by atoms with Crippen molar-refractivity contribution in [1.29, 1.82) is 0 Å². The summed E-state index contributed by atoms with van der Waals surface area (Å²) in [5, 5.41) is 2.87. The van der Waals surface area contributed by atoms with E-state index in [4.69, 9.17) is 0 Å². The molecule has 0 saturated heterocycles. The minimum Gasteiger partial charge on any atom is -0.324 e. The number of amides is 1. The number of hydrogen-bond donors (Lipinski definition) is 1. The van der Waals surface area contributed by atoms with Crippen molar-refractivity contribution in [3.05, 3.63) is 101 Å². The molecule has 0 unspecified atom stereocenters. The zero-order valence-electron chi connectivity index (χ0n) is 17.4. The predicted octanol–water partition coefficient (Wildman–Crippen LogP) is 4.31. The van der Waals surface area contributed by atoms with Crippen molar-refractivity contribution >= 4 is 23.2 Å². The molecule has 3 aromatic carbocycles. The van der Waals surface area contributed by atoms with Gasteiger partial charge in [-0.2, -0.15) is 0 Å². The molecule has 31 heavy (non-hydrogen) atoms. The Balaban J connectivity index is 1.55. The van der Waals surface area contributed by atoms with E-state index in [0.29, 0.717) is 28.9 Å². The number of hydrogen-bond acceptors (Lipinski definition) is 4. The van der Waals surface area contributed by atoms with Crippen LogP contribution in [0, 0.1) is 0 Å². The molecule has 156 valence electrons. The molecule has 0 aromatic heterocycles. The number of ketones is 2. The molecule has 1 aliphatic rings. The van der Waals surface area contributed by atoms with Crippen molar-refractivity contribution in [3.8, 4) is 0 Å². The number of fused-ring (bicyclic) bond motifs is 2. The Kier molecular flexibility index (Phi) is 6.05. The summed E-state index contributed by atoms with van der Waals surface area (Å²) in [7, 11) is 0. The molecule has 0 heterocycles. The summed E-state index contributed by atoms with van der Waals surface area (Å²) in [6, 6.07) is 21.8. The lowest BCUT2D eigenvalue weighted by molar-refractivity contribution is -0.117. The van der Waals surface area contributed by atoms with Crippen LogP contribution in [0.3, 0.4) is 0 Å². The van der Waals surface area contributed by atoms with Gasteiger partial charge in [-0.05, 0) is 24.6 Å². The van der Waals surface area contributed by atoms with Crippen molar-refractivity contribution in [2.45, 2.75) is 19.9 Å². The van der Waals surface area contributed by atoms with Crippen molar-refractivity contribution in [2.75, 3.05) is 18.4 Å². The molecule has 0 radical (unpaired) electrons. The van der Waals surface area contributed by atoms with Crippen LogP contribution in [0.1, 0.15) is 50.8 Å². The third-order valence-electron chi connectivity index (χ3n) is 5.38. The first-order valence-corrected chi connectivity index (χ1v) is 10.5. The highest BCUT2D eigenvalue weighted by molar-refractivity contribution is 6.30. The van der Waals surface area contributed by atoms with Crippen LogP contribution in [0.2, 0.25) is 0 Å². The monoisotopic (exact) mass is 412 g/mol. The normalized spacial score (nSPS) is 12.5. The number of benzene rings is 3. The first-order chi connectivity index (χ1) is 15.1. The standard InChI is InChI=1S/C26H24N2O3/c1-2-15-28(16-18-9-4-3-5-10-18)17-23(29)27-22-14-8-13-21-24(22)26(31)20-12-7-6-11-19(20)25(21)30/h3-14H,2,15-17H2,1H3,(H,27,29). The van der Waals surface area contributed by atoms with Crippen LogP contribution in [-0.2, 0) is 11.3 Å². The maximum absolute atomic E-state index is 13.1. The van der Waals surface area contributed by atoms with Gasteiger partial charge in [-0.1, -0.05) is 73.7 Å². The molecule has 1 N–H and O–H groups in total. The topological polar surface area (TPSA) is 66.5 Å². The average Bonchev–Trinajstić information content (AvgIpc) is 2.78. The number of nitrogens with zero attached hydrogens (tertiary/aromatic N) is 1. The molecule has 1 amide bonds. The van der Waals surface area contributed by atoms with Gasteiger partial charge in [0, 0.05) is 23.2 Å². The fraction of sp³-hybridized carbons (Fsp3) is 0.192. The molecule has 0 atom stereocenters. The van der Waals surface area contributed by atoms with E-state index < -0.39 is 0 Å². The highest BCUT2D eigenvalue weighted by Gasteiger charge is 2.31. The van der Waals surface area contributed by atoms with Gasteiger partial charge in [0.25, 0.3) is 0 Å². The second-order valence-electron chi connectivity index (χ2n) is 7.68. The lowest BCUT2D eigenvalue weighted by atomic mass is 9.83. The van der Waals surface area contributed by atoms with E-state index in [0.717, 1.165) is 18.5 Å². The number of carbonyl (C=O) groups is 3. The van der Waals surface area contributed by atoms with Gasteiger partial charge in [0.05, 0.1) is 17.8 Å². The Morgan fingerprint density at radius 1 is 0.806 bits per heavy atom. The van der Waals surface area contributed by atoms with Gasteiger partial charge in [0.1, 0.15) is 0 Å². The molecule has 4 rings (SSSR count). The maximum Gasteiger partial charge on any atom is 0.238 e. The van der Waals surface area contributed by atoms with E-state index in [-0.39, 0.29) is 29.6 Å². The number of carbonyl (C=O) groups excluding carboxylic acids is 3. The lowest BCUT2D eigenvalue weighted by Crippen LogP contribution is -2.34. The first-order valence-electron chi connectivity index (χ1n) is 10.5. The third kappa shape index (κ3) is 4.32. The van der Waals surface area contributed by atoms with Crippen LogP contribution >= 0.6 is 0 Å². The summed E-state index contributed by atoms with van der Waals surface area (Å²) in [6.45, 7) is 3.72. The predicted molar refractivity (Wildman–Crippen MR) is 120 cm³/mol. The van der Waals surface area contributed by atoms with Crippen molar-refractivity contribution in [1.82, 2.24) is 4.90 Å². The first kappa shape index (κ1) is 20.7. The molecule has 5 heteroatoms. The Morgan fingerprint density at radius 2 is 1.45 bits per heavy atom. The fourth-order valence-electron chi connectivity index (χ4n) is 4.01. The second-order valence-corrected chi connectivity index (χ2v) is 7.68. The summed E-state index contributed by atoms with van der Waals surface area (Å²) in [6.07, 6.45) is 0.921. The van der Waals surface area contributed by atoms with Crippen LogP contribution < -0.4 is 5.32 Å². The maximum atomic E-state index is 13.1. The van der Waals surface area contributed by atoms with E-state index in [1.807, 2.05) is 30.3 Å². The molecule has 1 aliphatic carbocycles. The molecule has 0 fully saturated rings. The Bertz CT molecular complexity index is 1140. The van der Waals surface area contributed by atoms with E-state index in [1.54, 1.807) is 42.5 Å². The molecular weight excluding hydrogens is 388 g/mol. The van der Waals surface area contributed by atoms with Crippen molar-refractivity contribution < 1.29 is 14.4 Å². The Hall–Kier alpha value is -3.57. The summed E-state index contributed by atoms with van der Waals surface area (Å²) in [4.78, 5) is 40.9. The molecule has 0 bridgehead atoms. The van der Waals surface area contributed by atoms with Gasteiger partial charge in [0.2, 0.25) is 5.91 Å². The summed E-state index contributed by atoms with van der Waals surface area (Å²) >= 11 is 0. The average molecular weight is 412 g/mol. The van der Waals surface area contributed by atoms with Gasteiger partial charge in [-0.15, -0.1) is 0 Å². The Labute approximate surface area is 181 Å². The van der Waals surface area contributed by atoms with Crippen LogP contribution in [-0.4, -0.2) is 35.5 Å². The summed E-state index contributed by atoms with van der Waals surface area (Å²) in [5.74, 6) is -0.648. The zero-order chi connectivity index (χ0) is 21.8. The molecule has 0 aliphatic heterocycles. The number of anilines is 1. The zero-order valence-corrected chi connectivity index (χ0v) is 17.4. The lowest BCUT2D eigenvalue weighted by Gasteiger charge is -2.23. The third-order valence-corrected chi connectivity index (χ3v) is 5.38. The Morgan fingerprint density at radius 3 is 2.16 bits per heavy atom. The van der Waals surface area contributed by atoms with Crippen LogP contribution in [0.25, 0.3) is 0 Å². The van der Waals surface area contributed by atoms with Gasteiger partial charge < -0.3 is 5.32 Å². The SMILES string of the molecule is CCCN(CC(=O)Nc1cccc2c1C(=O)c1ccccc1C2=O)Cc1ccccc1. The molecule has 0 spiro atoms. The van der Waals surface area contributed by atoms with E-state index >= 15 is 0 Å². The molecule has 3 aromatic rings. The number of nitrogens with one attached hydrogen (secondary N) is 1. The van der Waals surface area contributed by atoms with Gasteiger partial charge >= 0.3 is 0 Å². The van der Waals surface area contributed by atoms with E-state index in [2.05, 4.69) is 17.1 Å². The smallest absolute Gasteiger partial charge is 0.238 e. The van der Waals surface area contributed by atoms with Gasteiger partial charge in [-0.3, -0.25) is 19.3 Å². The second kappa shape index (κ2) is 9.06. The van der Waals surface area contributed by atoms with Crippen LogP contribution in [0.4, 0.5) is 5.69 Å². The summed E-state index contributed by atoms with van der Waals surface area (Å²) < 4.78 is 0. The largest absolute Gasteiger partial charge is 0.324 e. The minimum atomic E-state index is -0.240. The molecular formula is C26H24N2O3. The van der Waals surface area contributed by atoms with E-state index in [1.165, 1.54) is 0 Å². The summed E-state index contributed by atoms with van der Waals surface area (Å²) in [5.41, 5.74) is 2.89. The van der Waals surface area contributed by atoms with Crippen LogP contribution in [0.15, 0.2) is 72.8 Å². The quantitative estimate of drug-likeness (QED) is 0.491. The fourth-order valence-corrected chi connectivity index (χ4v) is 4.01. The van der Waals surface area contributed by atoms with Gasteiger partial charge in [-0.25, -0.2) is 0 Å². The van der Waals surface area contributed by atoms with Crippen molar-refractivity contribution in [2.24, 2.45) is 0 Å². The van der Waals surface area contributed by atoms with Crippen LogP contribution in [0.5, 0.6) is 0 Å². The van der Waals surface area contributed by atoms with Gasteiger partial charge in [0.15, 0.2) is 11.6 Å².